The molecule has 1 heterocycles. The second kappa shape index (κ2) is 3.58. The molecule has 0 aliphatic carbocycles. The minimum atomic E-state index is 0.691. The highest BCUT2D eigenvalue weighted by atomic mass is 15.2. The van der Waals surface area contributed by atoms with E-state index in [-0.39, 0.29) is 0 Å². The van der Waals surface area contributed by atoms with E-state index in [9.17, 15) is 0 Å². The number of hydrogen-bond donors (Lipinski definition) is 0. The molecule has 0 aromatic heterocycles. The highest BCUT2D eigenvalue weighted by molar-refractivity contribution is 4.84. The molecule has 1 rings (SSSR count). The molecule has 1 unspecified atom stereocenters. The summed E-state index contributed by atoms with van der Waals surface area (Å²) in [6, 6.07) is 2.96. The van der Waals surface area contributed by atoms with Gasteiger partial charge in [-0.1, -0.05) is 6.92 Å². The Morgan fingerprint density at radius 1 is 1.70 bits per heavy atom. The Morgan fingerprint density at radius 2 is 2.50 bits per heavy atom. The third kappa shape index (κ3) is 1.48. The summed E-state index contributed by atoms with van der Waals surface area (Å²) in [5.41, 5.74) is 0. The van der Waals surface area contributed by atoms with E-state index in [2.05, 4.69) is 17.9 Å². The Balaban J connectivity index is 2.12. The quantitative estimate of drug-likeness (QED) is 0.589. The molecule has 0 aromatic rings. The molecule has 56 valence electrons. The standard InChI is InChI=1S/C8H14N2/c1-2-8-4-7-10(8)6-3-5-9/h8H,2-4,6-7H2,1H3. The van der Waals surface area contributed by atoms with Crippen LogP contribution in [0.25, 0.3) is 0 Å². The number of nitrogens with zero attached hydrogens (tertiary/aromatic N) is 2. The van der Waals surface area contributed by atoms with Crippen molar-refractivity contribution >= 4 is 0 Å². The van der Waals surface area contributed by atoms with E-state index in [1.54, 1.807) is 0 Å². The monoisotopic (exact) mass is 138 g/mol. The van der Waals surface area contributed by atoms with Gasteiger partial charge >= 0.3 is 0 Å². The first-order valence-electron chi connectivity index (χ1n) is 3.99. The first kappa shape index (κ1) is 7.56. The van der Waals surface area contributed by atoms with Crippen molar-refractivity contribution in [2.45, 2.75) is 32.2 Å². The SMILES string of the molecule is CCC1CCN1CCC#N. The van der Waals surface area contributed by atoms with E-state index in [1.165, 1.54) is 19.4 Å². The van der Waals surface area contributed by atoms with Crippen LogP contribution in [-0.2, 0) is 0 Å². The molecule has 1 aliphatic rings. The molecule has 0 bridgehead atoms. The van der Waals surface area contributed by atoms with Crippen molar-refractivity contribution < 1.29 is 0 Å². The molecule has 1 atom stereocenters. The third-order valence-corrected chi connectivity index (χ3v) is 2.25. The molecule has 0 radical (unpaired) electrons. The maximum atomic E-state index is 8.32. The molecule has 2 heteroatoms. The van der Waals surface area contributed by atoms with E-state index in [0.29, 0.717) is 6.42 Å². The third-order valence-electron chi connectivity index (χ3n) is 2.25. The molecule has 0 spiro atoms. The molecular formula is C8H14N2. The predicted octanol–water partition coefficient (Wildman–Crippen LogP) is 1.38. The summed E-state index contributed by atoms with van der Waals surface area (Å²) in [5.74, 6) is 0. The lowest BCUT2D eigenvalue weighted by Crippen LogP contribution is -2.47. The topological polar surface area (TPSA) is 27.0 Å². The van der Waals surface area contributed by atoms with E-state index in [0.717, 1.165) is 12.6 Å². The van der Waals surface area contributed by atoms with Gasteiger partial charge in [0.1, 0.15) is 0 Å². The van der Waals surface area contributed by atoms with Crippen molar-refractivity contribution in [3.05, 3.63) is 0 Å². The van der Waals surface area contributed by atoms with Crippen molar-refractivity contribution in [3.63, 3.8) is 0 Å². The van der Waals surface area contributed by atoms with E-state index >= 15 is 0 Å². The van der Waals surface area contributed by atoms with Gasteiger partial charge in [0, 0.05) is 19.0 Å². The molecule has 1 aliphatic heterocycles. The van der Waals surface area contributed by atoms with Gasteiger partial charge in [0.05, 0.1) is 6.07 Å². The second-order valence-corrected chi connectivity index (χ2v) is 2.79. The first-order chi connectivity index (χ1) is 4.88. The van der Waals surface area contributed by atoms with Gasteiger partial charge in [0.25, 0.3) is 0 Å². The van der Waals surface area contributed by atoms with E-state index in [4.69, 9.17) is 5.26 Å². The molecule has 10 heavy (non-hydrogen) atoms. The van der Waals surface area contributed by atoms with Crippen molar-refractivity contribution in [1.82, 2.24) is 4.90 Å². The summed E-state index contributed by atoms with van der Waals surface area (Å²) in [4.78, 5) is 2.39. The summed E-state index contributed by atoms with van der Waals surface area (Å²) in [6.07, 6.45) is 3.27. The van der Waals surface area contributed by atoms with Gasteiger partial charge < -0.3 is 0 Å². The van der Waals surface area contributed by atoms with Crippen LogP contribution in [0, 0.1) is 11.3 Å². The summed E-state index contributed by atoms with van der Waals surface area (Å²) < 4.78 is 0. The highest BCUT2D eigenvalue weighted by Crippen LogP contribution is 2.19. The fraction of sp³-hybridized carbons (Fsp3) is 0.875. The first-order valence-corrected chi connectivity index (χ1v) is 3.99. The average molecular weight is 138 g/mol. The number of nitriles is 1. The van der Waals surface area contributed by atoms with Gasteiger partial charge in [-0.05, 0) is 19.4 Å². The fourth-order valence-corrected chi connectivity index (χ4v) is 1.44. The minimum Gasteiger partial charge on any atom is -0.299 e. The summed E-state index contributed by atoms with van der Waals surface area (Å²) in [5, 5.41) is 8.32. The zero-order chi connectivity index (χ0) is 7.40. The Kier molecular flexibility index (Phi) is 2.70. The van der Waals surface area contributed by atoms with Crippen LogP contribution >= 0.6 is 0 Å². The van der Waals surface area contributed by atoms with Crippen LogP contribution in [0.15, 0.2) is 0 Å². The van der Waals surface area contributed by atoms with Crippen LogP contribution in [0.2, 0.25) is 0 Å². The largest absolute Gasteiger partial charge is 0.299 e. The number of rotatable bonds is 3. The Labute approximate surface area is 62.4 Å². The maximum Gasteiger partial charge on any atom is 0.0635 e. The van der Waals surface area contributed by atoms with Crippen LogP contribution < -0.4 is 0 Å². The van der Waals surface area contributed by atoms with Gasteiger partial charge in [-0.2, -0.15) is 5.26 Å². The zero-order valence-corrected chi connectivity index (χ0v) is 6.51. The Morgan fingerprint density at radius 3 is 2.90 bits per heavy atom. The lowest BCUT2D eigenvalue weighted by molar-refractivity contribution is 0.0907. The molecule has 0 saturated carbocycles. The van der Waals surface area contributed by atoms with Gasteiger partial charge in [0.2, 0.25) is 0 Å². The summed E-state index contributed by atoms with van der Waals surface area (Å²) >= 11 is 0. The van der Waals surface area contributed by atoms with E-state index < -0.39 is 0 Å². The Hall–Kier alpha value is -0.550. The number of likely N-dealkylation sites (tertiary alicyclic amines) is 1. The van der Waals surface area contributed by atoms with Crippen molar-refractivity contribution in [3.8, 4) is 6.07 Å². The zero-order valence-electron chi connectivity index (χ0n) is 6.51. The molecule has 1 fully saturated rings. The smallest absolute Gasteiger partial charge is 0.0635 e. The fourth-order valence-electron chi connectivity index (χ4n) is 1.44. The van der Waals surface area contributed by atoms with Crippen molar-refractivity contribution in [2.75, 3.05) is 13.1 Å². The normalized spacial score (nSPS) is 25.4. The molecule has 1 saturated heterocycles. The highest BCUT2D eigenvalue weighted by Gasteiger charge is 2.24. The lowest BCUT2D eigenvalue weighted by atomic mass is 10.0. The van der Waals surface area contributed by atoms with Crippen molar-refractivity contribution in [2.24, 2.45) is 0 Å². The van der Waals surface area contributed by atoms with Crippen LogP contribution in [-0.4, -0.2) is 24.0 Å². The molecule has 0 amide bonds. The molecule has 2 nitrogen and oxygen atoms in total. The summed E-state index contributed by atoms with van der Waals surface area (Å²) in [7, 11) is 0. The predicted molar refractivity (Wildman–Crippen MR) is 40.5 cm³/mol. The van der Waals surface area contributed by atoms with Crippen LogP contribution in [0.1, 0.15) is 26.2 Å². The van der Waals surface area contributed by atoms with Gasteiger partial charge in [-0.3, -0.25) is 4.90 Å². The molecule has 0 aromatic carbocycles. The van der Waals surface area contributed by atoms with Crippen molar-refractivity contribution in [1.29, 1.82) is 5.26 Å². The van der Waals surface area contributed by atoms with E-state index in [1.807, 2.05) is 0 Å². The van der Waals surface area contributed by atoms with Crippen LogP contribution in [0.3, 0.4) is 0 Å². The average Bonchev–Trinajstić information content (AvgIpc) is 1.88. The van der Waals surface area contributed by atoms with Gasteiger partial charge in [0.15, 0.2) is 0 Å². The molecule has 0 N–H and O–H groups in total. The maximum absolute atomic E-state index is 8.32. The summed E-state index contributed by atoms with van der Waals surface area (Å²) in [6.45, 7) is 4.40. The second-order valence-electron chi connectivity index (χ2n) is 2.79. The van der Waals surface area contributed by atoms with Crippen LogP contribution in [0.5, 0.6) is 0 Å². The van der Waals surface area contributed by atoms with Crippen LogP contribution in [0.4, 0.5) is 0 Å². The van der Waals surface area contributed by atoms with Gasteiger partial charge in [-0.25, -0.2) is 0 Å². The van der Waals surface area contributed by atoms with Gasteiger partial charge in [-0.15, -0.1) is 0 Å². The Bertz CT molecular complexity index is 135. The minimum absolute atomic E-state index is 0.691. The number of hydrogen-bond acceptors (Lipinski definition) is 2. The molecular weight excluding hydrogens is 124 g/mol. The lowest BCUT2D eigenvalue weighted by Gasteiger charge is -2.40.